The van der Waals surface area contributed by atoms with Gasteiger partial charge in [0.05, 0.1) is 0 Å². The van der Waals surface area contributed by atoms with Crippen molar-refractivity contribution >= 4 is 77.0 Å². The van der Waals surface area contributed by atoms with Crippen LogP contribution in [0, 0.1) is 0 Å². The van der Waals surface area contributed by atoms with Crippen LogP contribution >= 0.6 is 22.7 Å². The lowest BCUT2D eigenvalue weighted by molar-refractivity contribution is 1.28. The van der Waals surface area contributed by atoms with Crippen LogP contribution in [-0.2, 0) is 0 Å². The van der Waals surface area contributed by atoms with Gasteiger partial charge in [-0.25, -0.2) is 0 Å². The molecule has 0 fully saturated rings. The second-order valence-electron chi connectivity index (χ2n) is 17.0. The first-order valence-corrected chi connectivity index (χ1v) is 24.7. The van der Waals surface area contributed by atoms with Gasteiger partial charge in [0.2, 0.25) is 0 Å². The van der Waals surface area contributed by atoms with Crippen LogP contribution in [0.3, 0.4) is 0 Å². The number of rotatable bonds is 11. The minimum atomic E-state index is 1.09. The van der Waals surface area contributed by atoms with Gasteiger partial charge in [-0.1, -0.05) is 170 Å². The van der Waals surface area contributed by atoms with Crippen molar-refractivity contribution in [2.24, 2.45) is 0 Å². The molecule has 322 valence electrons. The summed E-state index contributed by atoms with van der Waals surface area (Å²) in [6.45, 7) is 0. The monoisotopic (exact) mass is 904 g/mol. The second kappa shape index (κ2) is 18.2. The number of benzene rings is 10. The molecule has 2 heterocycles. The minimum Gasteiger partial charge on any atom is -0.311 e. The molecule has 12 rings (SSSR count). The molecule has 4 heteroatoms. The van der Waals surface area contributed by atoms with E-state index in [1.165, 1.54) is 64.7 Å². The third kappa shape index (κ3) is 8.07. The second-order valence-corrected chi connectivity index (χ2v) is 18.8. The Balaban J connectivity index is 0.866. The molecule has 12 aromatic rings. The maximum absolute atomic E-state index is 2.36. The zero-order valence-electron chi connectivity index (χ0n) is 37.1. The molecule has 0 bridgehead atoms. The van der Waals surface area contributed by atoms with Gasteiger partial charge in [-0.15, -0.1) is 22.7 Å². The highest BCUT2D eigenvalue weighted by Crippen LogP contribution is 2.42. The van der Waals surface area contributed by atoms with Crippen LogP contribution in [-0.4, -0.2) is 0 Å². The highest BCUT2D eigenvalue weighted by atomic mass is 32.1. The Morgan fingerprint density at radius 3 is 0.735 bits per heavy atom. The highest BCUT2D eigenvalue weighted by molar-refractivity contribution is 7.18. The molecule has 0 aliphatic carbocycles. The Morgan fingerprint density at radius 1 is 0.206 bits per heavy atom. The van der Waals surface area contributed by atoms with Crippen LogP contribution in [0.15, 0.2) is 266 Å². The first-order chi connectivity index (χ1) is 33.7. The molecule has 2 aromatic heterocycles. The molecule has 0 N–H and O–H groups in total. The minimum absolute atomic E-state index is 1.09. The first-order valence-electron chi connectivity index (χ1n) is 23.0. The largest absolute Gasteiger partial charge is 0.311 e. The number of thiophene rings is 2. The van der Waals surface area contributed by atoms with Crippen LogP contribution in [0.5, 0.6) is 0 Å². The van der Waals surface area contributed by atoms with Gasteiger partial charge in [-0.05, 0) is 140 Å². The zero-order valence-corrected chi connectivity index (χ0v) is 38.7. The van der Waals surface area contributed by atoms with Crippen molar-refractivity contribution in [3.63, 3.8) is 0 Å². The molecule has 0 atom stereocenters. The van der Waals surface area contributed by atoms with Crippen LogP contribution < -0.4 is 9.80 Å². The Kier molecular flexibility index (Phi) is 11.0. The Morgan fingerprint density at radius 2 is 0.441 bits per heavy atom. The fraction of sp³-hybridized carbons (Fsp3) is 0. The molecule has 10 aromatic carbocycles. The molecule has 0 saturated carbocycles. The van der Waals surface area contributed by atoms with E-state index in [0.29, 0.717) is 0 Å². The molecule has 0 saturated heterocycles. The number of hydrogen-bond acceptors (Lipinski definition) is 4. The summed E-state index contributed by atoms with van der Waals surface area (Å²) in [5.41, 5.74) is 18.7. The van der Waals surface area contributed by atoms with Crippen LogP contribution in [0.2, 0.25) is 0 Å². The molecule has 0 amide bonds. The Hall–Kier alpha value is -8.28. The lowest BCUT2D eigenvalue weighted by atomic mass is 10.0. The molecule has 68 heavy (non-hydrogen) atoms. The van der Waals surface area contributed by atoms with E-state index in [1.54, 1.807) is 22.7 Å². The summed E-state index contributed by atoms with van der Waals surface area (Å²) in [5.74, 6) is 0. The van der Waals surface area contributed by atoms with Gasteiger partial charge in [-0.2, -0.15) is 0 Å². The summed E-state index contributed by atoms with van der Waals surface area (Å²) in [6.07, 6.45) is 0. The Labute approximate surface area is 405 Å². The zero-order chi connectivity index (χ0) is 45.2. The topological polar surface area (TPSA) is 6.48 Å². The lowest BCUT2D eigenvalue weighted by Gasteiger charge is -2.27. The van der Waals surface area contributed by atoms with Crippen molar-refractivity contribution in [2.45, 2.75) is 0 Å². The third-order valence-electron chi connectivity index (χ3n) is 12.9. The lowest BCUT2D eigenvalue weighted by Crippen LogP contribution is -2.10. The van der Waals surface area contributed by atoms with Crippen LogP contribution in [0.1, 0.15) is 0 Å². The van der Waals surface area contributed by atoms with Gasteiger partial charge < -0.3 is 9.80 Å². The molecular weight excluding hydrogens is 861 g/mol. The number of hydrogen-bond donors (Lipinski definition) is 0. The molecule has 0 aliphatic heterocycles. The van der Waals surface area contributed by atoms with Crippen molar-refractivity contribution in [3.8, 4) is 55.6 Å². The van der Waals surface area contributed by atoms with E-state index in [2.05, 4.69) is 275 Å². The molecule has 0 unspecified atom stereocenters. The van der Waals surface area contributed by atoms with Gasteiger partial charge in [0.15, 0.2) is 0 Å². The standard InChI is InChI=1S/C64H44N2S2/c1-3-11-45(12-4-1)47-19-31-53(32-20-47)65(54-33-21-48(22-34-54)46-13-5-2-6-14-46)55-35-23-49(24-36-55)50-25-37-56(38-26-50)66(57-39-27-51(28-40-57)61-43-67-63-17-9-7-15-59(61)63)58-41-29-52(30-42-58)62-44-68-64-18-10-8-16-60(62)64/h1-44H. The summed E-state index contributed by atoms with van der Waals surface area (Å²) in [5, 5.41) is 7.15. The highest BCUT2D eigenvalue weighted by Gasteiger charge is 2.17. The van der Waals surface area contributed by atoms with Crippen molar-refractivity contribution in [1.29, 1.82) is 0 Å². The van der Waals surface area contributed by atoms with Gasteiger partial charge in [0, 0.05) is 65.4 Å². The average Bonchev–Trinajstić information content (AvgIpc) is 4.06. The van der Waals surface area contributed by atoms with Crippen LogP contribution in [0.25, 0.3) is 75.8 Å². The predicted octanol–water partition coefficient (Wildman–Crippen LogP) is 19.4. The maximum Gasteiger partial charge on any atom is 0.0462 e. The summed E-state index contributed by atoms with van der Waals surface area (Å²) in [4.78, 5) is 4.70. The van der Waals surface area contributed by atoms with E-state index in [9.17, 15) is 0 Å². The summed E-state index contributed by atoms with van der Waals surface area (Å²) in [7, 11) is 0. The maximum atomic E-state index is 2.36. The SMILES string of the molecule is c1ccc(-c2ccc(N(c3ccc(-c4ccccc4)cc3)c3ccc(-c4ccc(N(c5ccc(-c6csc7ccccc67)cc5)c5ccc(-c6csc7ccccc67)cc5)cc4)cc3)cc2)cc1. The van der Waals surface area contributed by atoms with Gasteiger partial charge in [0.1, 0.15) is 0 Å². The summed E-state index contributed by atoms with van der Waals surface area (Å²) >= 11 is 3.60. The van der Waals surface area contributed by atoms with E-state index in [1.807, 2.05) is 0 Å². The van der Waals surface area contributed by atoms with Gasteiger partial charge in [0.25, 0.3) is 0 Å². The molecule has 0 aliphatic rings. The third-order valence-corrected chi connectivity index (χ3v) is 14.8. The van der Waals surface area contributed by atoms with Gasteiger partial charge in [-0.3, -0.25) is 0 Å². The molecule has 2 nitrogen and oxygen atoms in total. The van der Waals surface area contributed by atoms with Gasteiger partial charge >= 0.3 is 0 Å². The molecule has 0 spiro atoms. The van der Waals surface area contributed by atoms with Crippen molar-refractivity contribution in [3.05, 3.63) is 266 Å². The first kappa shape index (κ1) is 41.2. The number of fused-ring (bicyclic) bond motifs is 2. The normalized spacial score (nSPS) is 11.2. The fourth-order valence-electron chi connectivity index (χ4n) is 9.35. The van der Waals surface area contributed by atoms with Crippen LogP contribution in [0.4, 0.5) is 34.1 Å². The van der Waals surface area contributed by atoms with E-state index in [-0.39, 0.29) is 0 Å². The van der Waals surface area contributed by atoms with E-state index in [0.717, 1.165) is 45.3 Å². The molecular formula is C64H44N2S2. The fourth-order valence-corrected chi connectivity index (χ4v) is 11.3. The summed E-state index contributed by atoms with van der Waals surface area (Å²) < 4.78 is 2.61. The smallest absolute Gasteiger partial charge is 0.0462 e. The average molecular weight is 905 g/mol. The van der Waals surface area contributed by atoms with Crippen molar-refractivity contribution in [2.75, 3.05) is 9.80 Å². The number of nitrogens with zero attached hydrogens (tertiary/aromatic N) is 2. The van der Waals surface area contributed by atoms with Crippen molar-refractivity contribution in [1.82, 2.24) is 0 Å². The Bertz CT molecular complexity index is 3410. The molecule has 0 radical (unpaired) electrons. The predicted molar refractivity (Wildman–Crippen MR) is 294 cm³/mol. The van der Waals surface area contributed by atoms with E-state index in [4.69, 9.17) is 0 Å². The van der Waals surface area contributed by atoms with E-state index < -0.39 is 0 Å². The van der Waals surface area contributed by atoms with E-state index >= 15 is 0 Å². The van der Waals surface area contributed by atoms with Crippen molar-refractivity contribution < 1.29 is 0 Å². The quantitative estimate of drug-likeness (QED) is 0.128. The number of anilines is 6. The summed E-state index contributed by atoms with van der Waals surface area (Å²) in [6, 6.07) is 92.2.